The summed E-state index contributed by atoms with van der Waals surface area (Å²) < 4.78 is 0. The van der Waals surface area contributed by atoms with Crippen molar-refractivity contribution in [2.24, 2.45) is 5.92 Å². The molecule has 20 heavy (non-hydrogen) atoms. The molecule has 1 aliphatic carbocycles. The van der Waals surface area contributed by atoms with Gasteiger partial charge in [-0.2, -0.15) is 0 Å². The second kappa shape index (κ2) is 6.01. The molecule has 0 radical (unpaired) electrons. The standard InChI is InChI=1S/C14H14N2O4/c17-12(6-7-13(18)19)15-16-14(20)11-8-10(11)9-4-2-1-3-5-9/h1-7,10-11H,8H2,(H,15,17)(H,16,20)(H,18,19). The zero-order valence-electron chi connectivity index (χ0n) is 10.6. The smallest absolute Gasteiger partial charge is 0.328 e. The number of hydrogen-bond donors (Lipinski definition) is 3. The summed E-state index contributed by atoms with van der Waals surface area (Å²) in [6, 6.07) is 9.68. The van der Waals surface area contributed by atoms with Gasteiger partial charge in [0.05, 0.1) is 0 Å². The molecule has 2 rings (SSSR count). The van der Waals surface area contributed by atoms with Gasteiger partial charge in [0, 0.05) is 18.1 Å². The van der Waals surface area contributed by atoms with Crippen LogP contribution < -0.4 is 10.9 Å². The highest BCUT2D eigenvalue weighted by molar-refractivity contribution is 5.95. The summed E-state index contributed by atoms with van der Waals surface area (Å²) in [7, 11) is 0. The average Bonchev–Trinajstić information content (AvgIpc) is 3.24. The largest absolute Gasteiger partial charge is 0.478 e. The molecular weight excluding hydrogens is 260 g/mol. The van der Waals surface area contributed by atoms with Gasteiger partial charge in [-0.25, -0.2) is 4.79 Å². The molecule has 104 valence electrons. The van der Waals surface area contributed by atoms with Crippen molar-refractivity contribution in [3.8, 4) is 0 Å². The molecule has 2 amide bonds. The zero-order valence-corrected chi connectivity index (χ0v) is 10.6. The number of nitrogens with one attached hydrogen (secondary N) is 2. The molecule has 0 aliphatic heterocycles. The lowest BCUT2D eigenvalue weighted by molar-refractivity contribution is -0.131. The Morgan fingerprint density at radius 3 is 2.45 bits per heavy atom. The van der Waals surface area contributed by atoms with Crippen molar-refractivity contribution in [2.75, 3.05) is 0 Å². The number of amides is 2. The van der Waals surface area contributed by atoms with Crippen LogP contribution in [0.2, 0.25) is 0 Å². The van der Waals surface area contributed by atoms with E-state index in [1.807, 2.05) is 30.3 Å². The Hall–Kier alpha value is -2.63. The molecule has 1 aromatic rings. The number of carboxylic acid groups (broad SMARTS) is 1. The molecule has 0 spiro atoms. The summed E-state index contributed by atoms with van der Waals surface area (Å²) in [6.45, 7) is 0. The van der Waals surface area contributed by atoms with Gasteiger partial charge in [0.15, 0.2) is 0 Å². The predicted octanol–water partition coefficient (Wildman–Crippen LogP) is 0.578. The molecule has 1 aliphatic rings. The summed E-state index contributed by atoms with van der Waals surface area (Å²) in [4.78, 5) is 33.1. The highest BCUT2D eigenvalue weighted by Gasteiger charge is 2.43. The van der Waals surface area contributed by atoms with Crippen LogP contribution in [0, 0.1) is 5.92 Å². The van der Waals surface area contributed by atoms with Crippen molar-refractivity contribution >= 4 is 17.8 Å². The lowest BCUT2D eigenvalue weighted by Gasteiger charge is -2.04. The molecule has 2 unspecified atom stereocenters. The number of rotatable bonds is 4. The van der Waals surface area contributed by atoms with Crippen LogP contribution >= 0.6 is 0 Å². The Balaban J connectivity index is 1.77. The highest BCUT2D eigenvalue weighted by Crippen LogP contribution is 2.47. The van der Waals surface area contributed by atoms with Crippen LogP contribution in [0.15, 0.2) is 42.5 Å². The third-order valence-electron chi connectivity index (χ3n) is 3.04. The van der Waals surface area contributed by atoms with Crippen molar-refractivity contribution in [2.45, 2.75) is 12.3 Å². The van der Waals surface area contributed by atoms with Crippen LogP contribution in [0.25, 0.3) is 0 Å². The molecule has 6 nitrogen and oxygen atoms in total. The number of aliphatic carboxylic acids is 1. The zero-order chi connectivity index (χ0) is 14.5. The van der Waals surface area contributed by atoms with E-state index in [2.05, 4.69) is 10.9 Å². The van der Waals surface area contributed by atoms with Crippen molar-refractivity contribution in [3.63, 3.8) is 0 Å². The third-order valence-corrected chi connectivity index (χ3v) is 3.04. The average molecular weight is 274 g/mol. The van der Waals surface area contributed by atoms with E-state index in [1.54, 1.807) is 0 Å². The molecule has 0 saturated heterocycles. The Kier molecular flexibility index (Phi) is 4.14. The van der Waals surface area contributed by atoms with Crippen molar-refractivity contribution in [1.29, 1.82) is 0 Å². The lowest BCUT2D eigenvalue weighted by atomic mass is 10.1. The van der Waals surface area contributed by atoms with Crippen LogP contribution in [-0.2, 0) is 14.4 Å². The van der Waals surface area contributed by atoms with Crippen LogP contribution in [-0.4, -0.2) is 22.9 Å². The topological polar surface area (TPSA) is 95.5 Å². The van der Waals surface area contributed by atoms with Gasteiger partial charge in [-0.1, -0.05) is 30.3 Å². The number of carbonyl (C=O) groups is 3. The Morgan fingerprint density at radius 2 is 1.80 bits per heavy atom. The van der Waals surface area contributed by atoms with E-state index >= 15 is 0 Å². The lowest BCUT2D eigenvalue weighted by Crippen LogP contribution is -2.41. The SMILES string of the molecule is O=C(O)C=CC(=O)NNC(=O)C1CC1c1ccccc1. The molecule has 2 atom stereocenters. The van der Waals surface area contributed by atoms with Crippen molar-refractivity contribution in [1.82, 2.24) is 10.9 Å². The van der Waals surface area contributed by atoms with E-state index in [0.29, 0.717) is 6.08 Å². The fourth-order valence-corrected chi connectivity index (χ4v) is 1.96. The molecule has 0 heterocycles. The van der Waals surface area contributed by atoms with Gasteiger partial charge in [0.1, 0.15) is 0 Å². The predicted molar refractivity (Wildman–Crippen MR) is 70.4 cm³/mol. The molecule has 0 bridgehead atoms. The van der Waals surface area contributed by atoms with E-state index in [-0.39, 0.29) is 17.7 Å². The summed E-state index contributed by atoms with van der Waals surface area (Å²) in [6.07, 6.45) is 2.28. The van der Waals surface area contributed by atoms with Gasteiger partial charge in [0.25, 0.3) is 5.91 Å². The fraction of sp³-hybridized carbons (Fsp3) is 0.214. The number of hydrazine groups is 1. The summed E-state index contributed by atoms with van der Waals surface area (Å²) in [5.74, 6) is -2.14. The van der Waals surface area contributed by atoms with Crippen LogP contribution in [0.5, 0.6) is 0 Å². The number of carboxylic acids is 1. The van der Waals surface area contributed by atoms with Crippen molar-refractivity contribution in [3.05, 3.63) is 48.0 Å². The van der Waals surface area contributed by atoms with Gasteiger partial charge in [-0.05, 0) is 17.9 Å². The Bertz CT molecular complexity index is 554. The van der Waals surface area contributed by atoms with Gasteiger partial charge >= 0.3 is 5.97 Å². The minimum atomic E-state index is -1.22. The molecular formula is C14H14N2O4. The first kappa shape index (κ1) is 13.8. The first-order valence-corrected chi connectivity index (χ1v) is 6.13. The second-order valence-electron chi connectivity index (χ2n) is 4.51. The minimum Gasteiger partial charge on any atom is -0.478 e. The molecule has 3 N–H and O–H groups in total. The van der Waals surface area contributed by atoms with E-state index in [4.69, 9.17) is 5.11 Å². The summed E-state index contributed by atoms with van der Waals surface area (Å²) in [5, 5.41) is 8.34. The van der Waals surface area contributed by atoms with Crippen LogP contribution in [0.3, 0.4) is 0 Å². The maximum absolute atomic E-state index is 11.8. The van der Waals surface area contributed by atoms with E-state index in [0.717, 1.165) is 18.1 Å². The minimum absolute atomic E-state index is 0.152. The maximum Gasteiger partial charge on any atom is 0.328 e. The highest BCUT2D eigenvalue weighted by atomic mass is 16.4. The molecule has 6 heteroatoms. The number of carbonyl (C=O) groups excluding carboxylic acids is 2. The molecule has 1 saturated carbocycles. The monoisotopic (exact) mass is 274 g/mol. The molecule has 1 fully saturated rings. The first-order chi connectivity index (χ1) is 9.58. The summed E-state index contributed by atoms with van der Waals surface area (Å²) >= 11 is 0. The van der Waals surface area contributed by atoms with Crippen LogP contribution in [0.4, 0.5) is 0 Å². The molecule has 1 aromatic carbocycles. The van der Waals surface area contributed by atoms with Gasteiger partial charge in [-0.15, -0.1) is 0 Å². The summed E-state index contributed by atoms with van der Waals surface area (Å²) in [5.41, 5.74) is 5.53. The van der Waals surface area contributed by atoms with Gasteiger partial charge in [-0.3, -0.25) is 20.4 Å². The number of hydrogen-bond acceptors (Lipinski definition) is 3. The molecule has 0 aromatic heterocycles. The normalized spacial score (nSPS) is 20.4. The van der Waals surface area contributed by atoms with E-state index in [9.17, 15) is 14.4 Å². The first-order valence-electron chi connectivity index (χ1n) is 6.13. The second-order valence-corrected chi connectivity index (χ2v) is 4.51. The third kappa shape index (κ3) is 3.68. The fourth-order valence-electron chi connectivity index (χ4n) is 1.96. The van der Waals surface area contributed by atoms with Crippen LogP contribution in [0.1, 0.15) is 17.9 Å². The number of benzene rings is 1. The maximum atomic E-state index is 11.8. The van der Waals surface area contributed by atoms with Gasteiger partial charge in [0.2, 0.25) is 5.91 Å². The quantitative estimate of drug-likeness (QED) is 0.553. The van der Waals surface area contributed by atoms with E-state index in [1.165, 1.54) is 0 Å². The Labute approximate surface area is 115 Å². The van der Waals surface area contributed by atoms with Gasteiger partial charge < -0.3 is 5.11 Å². The van der Waals surface area contributed by atoms with E-state index < -0.39 is 11.9 Å². The van der Waals surface area contributed by atoms with Crippen molar-refractivity contribution < 1.29 is 19.5 Å². The Morgan fingerprint density at radius 1 is 1.10 bits per heavy atom.